The molecule has 0 rings (SSSR count). The summed E-state index contributed by atoms with van der Waals surface area (Å²) >= 11 is 0. The van der Waals surface area contributed by atoms with Crippen LogP contribution in [0.3, 0.4) is 0 Å². The molecule has 0 spiro atoms. The molecule has 2 nitrogen and oxygen atoms in total. The molecule has 0 atom stereocenters. The third-order valence-electron chi connectivity index (χ3n) is 0. The van der Waals surface area contributed by atoms with E-state index >= 15 is 0 Å². The summed E-state index contributed by atoms with van der Waals surface area (Å²) in [5.41, 5.74) is 0. The van der Waals surface area contributed by atoms with Crippen LogP contribution in [0.15, 0.2) is 0 Å². The molecule has 5 heavy (non-hydrogen) atoms. The molecule has 3 heteroatoms. The molecule has 0 aliphatic rings. The smallest absolute Gasteiger partial charge is 0.346 e. The van der Waals surface area contributed by atoms with Gasteiger partial charge in [0.1, 0.15) is 0 Å². The van der Waals surface area contributed by atoms with Crippen LogP contribution in [0.1, 0.15) is 6.92 Å². The van der Waals surface area contributed by atoms with Crippen molar-refractivity contribution in [3.63, 3.8) is 0 Å². The van der Waals surface area contributed by atoms with Gasteiger partial charge >= 0.3 is 22.4 Å². The molecule has 0 aliphatic heterocycles. The Morgan fingerprint density at radius 1 is 1.00 bits per heavy atom. The second kappa shape index (κ2) is 143. The Balaban J connectivity index is -0.00000000167. The quantitative estimate of drug-likeness (QED) is 0.507. The van der Waals surface area contributed by atoms with Crippen molar-refractivity contribution in [1.82, 2.24) is 12.3 Å². The average molecular weight is 260 g/mol. The van der Waals surface area contributed by atoms with Gasteiger partial charge in [-0.2, -0.15) is 6.92 Å². The van der Waals surface area contributed by atoms with Crippen LogP contribution in [0, 0.1) is 6.92 Å². The first-order valence-corrected chi connectivity index (χ1v) is 0.707. The van der Waals surface area contributed by atoms with Crippen LogP contribution in [0.2, 0.25) is 0 Å². The Labute approximate surface area is 49.0 Å². The first-order chi connectivity index (χ1) is 1.00. The molecule has 6 N–H and O–H groups in total. The summed E-state index contributed by atoms with van der Waals surface area (Å²) in [5, 5.41) is 0. The summed E-state index contributed by atoms with van der Waals surface area (Å²) in [6.07, 6.45) is 0. The Morgan fingerprint density at radius 2 is 1.00 bits per heavy atom. The monoisotopic (exact) mass is 260 g/mol. The van der Waals surface area contributed by atoms with Crippen LogP contribution in [0.25, 0.3) is 0 Å². The topological polar surface area (TPSA) is 70.0 Å². The predicted octanol–water partition coefficient (Wildman–Crippen LogP) is 1.16. The zero-order chi connectivity index (χ0) is 2.00. The first-order valence-electron chi connectivity index (χ1n) is 0.707. The van der Waals surface area contributed by atoms with Crippen molar-refractivity contribution in [3.05, 3.63) is 6.92 Å². The van der Waals surface area contributed by atoms with Crippen LogP contribution < -0.4 is 12.3 Å². The fourth-order valence-corrected chi connectivity index (χ4v) is 0. The molecule has 0 aromatic carbocycles. The van der Waals surface area contributed by atoms with Crippen molar-refractivity contribution < 1.29 is 22.4 Å². The van der Waals surface area contributed by atoms with E-state index in [4.69, 9.17) is 0 Å². The second-order valence-corrected chi connectivity index (χ2v) is 0. The minimum absolute atomic E-state index is 0. The van der Waals surface area contributed by atoms with Gasteiger partial charge in [-0.3, -0.25) is 0 Å². The van der Waals surface area contributed by atoms with Gasteiger partial charge < -0.3 is 19.2 Å². The van der Waals surface area contributed by atoms with Crippen LogP contribution >= 0.6 is 0 Å². The van der Waals surface area contributed by atoms with E-state index in [1.54, 1.807) is 6.92 Å². The predicted molar refractivity (Wildman–Crippen MR) is 21.1 cm³/mol. The molecule has 0 radical (unpaired) electrons. The standard InChI is InChI=1S/C2H5.Au.2H3N/c1-2;;;/h1H2,2H3;;2*1H3/q-1;+1;;. The van der Waals surface area contributed by atoms with Gasteiger partial charge in [0.15, 0.2) is 0 Å². The third-order valence-corrected chi connectivity index (χ3v) is 0. The second-order valence-electron chi connectivity index (χ2n) is 0. The van der Waals surface area contributed by atoms with Crippen LogP contribution in [0.5, 0.6) is 0 Å². The maximum Gasteiger partial charge on any atom is 1.00 e. The average Bonchev–Trinajstić information content (AvgIpc) is 1.00. The molecule has 0 bridgehead atoms. The molecular formula is C2H11AuN2. The Hall–Kier alpha value is 0.660. The minimum atomic E-state index is 0. The summed E-state index contributed by atoms with van der Waals surface area (Å²) in [6, 6.07) is 0. The molecule has 0 heterocycles. The van der Waals surface area contributed by atoms with Crippen molar-refractivity contribution in [2.45, 2.75) is 6.92 Å². The molecule has 0 amide bonds. The van der Waals surface area contributed by atoms with E-state index in [1.807, 2.05) is 0 Å². The number of hydrogen-bond acceptors (Lipinski definition) is 2. The largest absolute Gasteiger partial charge is 1.00 e. The maximum atomic E-state index is 3.25. The molecule has 0 unspecified atom stereocenters. The van der Waals surface area contributed by atoms with Crippen molar-refractivity contribution in [3.8, 4) is 0 Å². The summed E-state index contributed by atoms with van der Waals surface area (Å²) in [6.45, 7) is 5.00. The SMILES string of the molecule is N.N.[Au+].[CH2-]C. The van der Waals surface area contributed by atoms with E-state index in [1.165, 1.54) is 0 Å². The van der Waals surface area contributed by atoms with Crippen molar-refractivity contribution in [2.24, 2.45) is 0 Å². The van der Waals surface area contributed by atoms with Gasteiger partial charge in [0.2, 0.25) is 0 Å². The van der Waals surface area contributed by atoms with Gasteiger partial charge in [0.25, 0.3) is 0 Å². The molecule has 0 saturated carbocycles. The fourth-order valence-electron chi connectivity index (χ4n) is 0. The summed E-state index contributed by atoms with van der Waals surface area (Å²) < 4.78 is 0. The van der Waals surface area contributed by atoms with Gasteiger partial charge in [0, 0.05) is 0 Å². The molecular weight excluding hydrogens is 249 g/mol. The van der Waals surface area contributed by atoms with E-state index in [9.17, 15) is 0 Å². The van der Waals surface area contributed by atoms with Crippen LogP contribution in [0.4, 0.5) is 0 Å². The van der Waals surface area contributed by atoms with Gasteiger partial charge in [-0.1, -0.05) is 0 Å². The van der Waals surface area contributed by atoms with E-state index in [2.05, 4.69) is 6.92 Å². The van der Waals surface area contributed by atoms with Gasteiger partial charge in [-0.15, -0.1) is 0 Å². The third kappa shape index (κ3) is 75.7. The summed E-state index contributed by atoms with van der Waals surface area (Å²) in [4.78, 5) is 0. The minimum Gasteiger partial charge on any atom is -0.346 e. The van der Waals surface area contributed by atoms with Crippen LogP contribution in [-0.2, 0) is 22.4 Å². The first kappa shape index (κ1) is 44.6. The fraction of sp³-hybridized carbons (Fsp3) is 0.500. The molecule has 0 fully saturated rings. The zero-order valence-electron chi connectivity index (χ0n) is 3.42. The van der Waals surface area contributed by atoms with Crippen LogP contribution in [-0.4, -0.2) is 0 Å². The molecule has 0 aliphatic carbocycles. The van der Waals surface area contributed by atoms with Gasteiger partial charge in [-0.25, -0.2) is 0 Å². The summed E-state index contributed by atoms with van der Waals surface area (Å²) in [5.74, 6) is 0. The van der Waals surface area contributed by atoms with E-state index in [0.717, 1.165) is 0 Å². The van der Waals surface area contributed by atoms with Gasteiger partial charge in [0.05, 0.1) is 0 Å². The van der Waals surface area contributed by atoms with E-state index < -0.39 is 0 Å². The normalized spacial score (nSPS) is 1.20. The Kier molecular flexibility index (Phi) is 1280. The molecule has 0 saturated heterocycles. The van der Waals surface area contributed by atoms with Crippen molar-refractivity contribution in [1.29, 1.82) is 0 Å². The van der Waals surface area contributed by atoms with E-state index in [0.29, 0.717) is 0 Å². The van der Waals surface area contributed by atoms with Gasteiger partial charge in [-0.05, 0) is 0 Å². The molecule has 0 aromatic rings. The maximum absolute atomic E-state index is 3.25. The number of hydrogen-bond donors (Lipinski definition) is 2. The molecule has 0 aromatic heterocycles. The summed E-state index contributed by atoms with van der Waals surface area (Å²) in [7, 11) is 0. The molecule has 40 valence electrons. The van der Waals surface area contributed by atoms with E-state index in [-0.39, 0.29) is 34.7 Å². The zero-order valence-corrected chi connectivity index (χ0v) is 5.59. The van der Waals surface area contributed by atoms with Crippen molar-refractivity contribution >= 4 is 0 Å². The Morgan fingerprint density at radius 3 is 1.00 bits per heavy atom. The Bertz CT molecular complexity index is 7.61. The number of rotatable bonds is 0. The van der Waals surface area contributed by atoms with Crippen molar-refractivity contribution in [2.75, 3.05) is 0 Å².